The van der Waals surface area contributed by atoms with E-state index in [4.69, 9.17) is 5.84 Å². The van der Waals surface area contributed by atoms with Gasteiger partial charge in [0, 0.05) is 9.35 Å². The number of halogens is 3. The SMILES string of the molecule is Cc1cc(F)ccc1C(NN)c1cc(Br)c(Br)s1. The number of benzene rings is 1. The molecule has 1 aromatic carbocycles. The minimum atomic E-state index is -0.236. The maximum absolute atomic E-state index is 13.1. The molecule has 0 saturated heterocycles. The van der Waals surface area contributed by atoms with Crippen molar-refractivity contribution in [1.29, 1.82) is 0 Å². The standard InChI is InChI=1S/C12H11Br2FN2S/c1-6-4-7(15)2-3-8(6)11(17-16)10-5-9(13)12(14)18-10/h2-5,11,17H,16H2,1H3. The molecule has 1 aromatic heterocycles. The van der Waals surface area contributed by atoms with E-state index in [0.717, 1.165) is 24.3 Å². The Bertz CT molecular complexity index is 552. The van der Waals surface area contributed by atoms with Crippen molar-refractivity contribution in [1.82, 2.24) is 5.43 Å². The maximum atomic E-state index is 13.1. The molecule has 2 rings (SSSR count). The highest BCUT2D eigenvalue weighted by Gasteiger charge is 2.18. The molecular formula is C12H11Br2FN2S. The molecule has 1 atom stereocenters. The Morgan fingerprint density at radius 2 is 2.06 bits per heavy atom. The van der Waals surface area contributed by atoms with Crippen LogP contribution in [0.3, 0.4) is 0 Å². The molecule has 0 bridgehead atoms. The highest BCUT2D eigenvalue weighted by Crippen LogP contribution is 2.38. The van der Waals surface area contributed by atoms with Crippen LogP contribution in [0.15, 0.2) is 32.5 Å². The van der Waals surface area contributed by atoms with E-state index in [1.165, 1.54) is 12.1 Å². The van der Waals surface area contributed by atoms with E-state index in [1.54, 1.807) is 17.4 Å². The van der Waals surface area contributed by atoms with Gasteiger partial charge in [-0.25, -0.2) is 9.82 Å². The summed E-state index contributed by atoms with van der Waals surface area (Å²) >= 11 is 8.50. The molecule has 0 radical (unpaired) electrons. The highest BCUT2D eigenvalue weighted by atomic mass is 79.9. The van der Waals surface area contributed by atoms with Crippen molar-refractivity contribution in [3.8, 4) is 0 Å². The minimum Gasteiger partial charge on any atom is -0.271 e. The summed E-state index contributed by atoms with van der Waals surface area (Å²) in [4.78, 5) is 1.06. The van der Waals surface area contributed by atoms with Gasteiger partial charge in [-0.1, -0.05) is 6.07 Å². The molecule has 3 N–H and O–H groups in total. The molecule has 0 aliphatic carbocycles. The zero-order chi connectivity index (χ0) is 13.3. The van der Waals surface area contributed by atoms with Crippen molar-refractivity contribution in [2.45, 2.75) is 13.0 Å². The van der Waals surface area contributed by atoms with Crippen LogP contribution in [0, 0.1) is 12.7 Å². The lowest BCUT2D eigenvalue weighted by molar-refractivity contribution is 0.615. The van der Waals surface area contributed by atoms with Crippen molar-refractivity contribution in [3.63, 3.8) is 0 Å². The van der Waals surface area contributed by atoms with Crippen molar-refractivity contribution >= 4 is 43.2 Å². The second kappa shape index (κ2) is 5.79. The first-order valence-corrected chi connectivity index (χ1v) is 7.60. The van der Waals surface area contributed by atoms with Crippen LogP contribution in [0.4, 0.5) is 4.39 Å². The molecule has 6 heteroatoms. The van der Waals surface area contributed by atoms with E-state index in [1.807, 2.05) is 13.0 Å². The van der Waals surface area contributed by atoms with E-state index in [-0.39, 0.29) is 11.9 Å². The van der Waals surface area contributed by atoms with Gasteiger partial charge in [0.25, 0.3) is 0 Å². The molecule has 0 spiro atoms. The van der Waals surface area contributed by atoms with Gasteiger partial charge in [-0.3, -0.25) is 5.84 Å². The Hall–Kier alpha value is -0.270. The van der Waals surface area contributed by atoms with Crippen LogP contribution in [0.2, 0.25) is 0 Å². The molecule has 0 amide bonds. The van der Waals surface area contributed by atoms with Crippen LogP contribution < -0.4 is 11.3 Å². The van der Waals surface area contributed by atoms with Crippen molar-refractivity contribution in [3.05, 3.63) is 54.3 Å². The lowest BCUT2D eigenvalue weighted by Gasteiger charge is -2.17. The summed E-state index contributed by atoms with van der Waals surface area (Å²) in [5.41, 5.74) is 4.63. The number of nitrogens with two attached hydrogens (primary N) is 1. The molecule has 1 unspecified atom stereocenters. The van der Waals surface area contributed by atoms with Gasteiger partial charge >= 0.3 is 0 Å². The smallest absolute Gasteiger partial charge is 0.123 e. The Balaban J connectivity index is 2.45. The lowest BCUT2D eigenvalue weighted by atomic mass is 10.0. The van der Waals surface area contributed by atoms with Gasteiger partial charge in [0.2, 0.25) is 0 Å². The Kier molecular flexibility index (Phi) is 4.55. The monoisotopic (exact) mass is 392 g/mol. The molecular weight excluding hydrogens is 383 g/mol. The van der Waals surface area contributed by atoms with Gasteiger partial charge in [-0.2, -0.15) is 0 Å². The highest BCUT2D eigenvalue weighted by molar-refractivity contribution is 9.13. The summed E-state index contributed by atoms with van der Waals surface area (Å²) in [6.45, 7) is 1.88. The van der Waals surface area contributed by atoms with E-state index >= 15 is 0 Å². The number of hydrogen-bond donors (Lipinski definition) is 2. The molecule has 0 saturated carbocycles. The second-order valence-electron chi connectivity index (χ2n) is 3.87. The summed E-state index contributed by atoms with van der Waals surface area (Å²) in [6, 6.07) is 6.58. The summed E-state index contributed by atoms with van der Waals surface area (Å²) in [5.74, 6) is 5.40. The van der Waals surface area contributed by atoms with Gasteiger partial charge in [-0.05, 0) is 68.1 Å². The van der Waals surface area contributed by atoms with Gasteiger partial charge in [-0.15, -0.1) is 11.3 Å². The molecule has 0 aliphatic rings. The molecule has 0 aliphatic heterocycles. The van der Waals surface area contributed by atoms with Crippen LogP contribution in [-0.4, -0.2) is 0 Å². The zero-order valence-electron chi connectivity index (χ0n) is 9.51. The third kappa shape index (κ3) is 2.83. The first-order valence-electron chi connectivity index (χ1n) is 5.20. The fourth-order valence-electron chi connectivity index (χ4n) is 1.79. The number of nitrogens with one attached hydrogen (secondary N) is 1. The van der Waals surface area contributed by atoms with Crippen LogP contribution in [0.5, 0.6) is 0 Å². The number of thiophene rings is 1. The average Bonchev–Trinajstić information content (AvgIpc) is 2.63. The largest absolute Gasteiger partial charge is 0.271 e. The lowest BCUT2D eigenvalue weighted by Crippen LogP contribution is -2.28. The van der Waals surface area contributed by atoms with E-state index in [2.05, 4.69) is 37.3 Å². The third-order valence-corrected chi connectivity index (χ3v) is 5.98. The van der Waals surface area contributed by atoms with Crippen LogP contribution in [-0.2, 0) is 0 Å². The quantitative estimate of drug-likeness (QED) is 0.603. The zero-order valence-corrected chi connectivity index (χ0v) is 13.5. The van der Waals surface area contributed by atoms with Crippen molar-refractivity contribution < 1.29 is 4.39 Å². The summed E-state index contributed by atoms with van der Waals surface area (Å²) < 4.78 is 15.1. The van der Waals surface area contributed by atoms with E-state index in [9.17, 15) is 4.39 Å². The first kappa shape index (κ1) is 14.1. The topological polar surface area (TPSA) is 38.0 Å². The van der Waals surface area contributed by atoms with E-state index in [0.29, 0.717) is 0 Å². The second-order valence-corrected chi connectivity index (χ2v) is 7.13. The van der Waals surface area contributed by atoms with Gasteiger partial charge in [0.1, 0.15) is 5.82 Å². The minimum absolute atomic E-state index is 0.141. The normalized spacial score (nSPS) is 12.7. The fraction of sp³-hybridized carbons (Fsp3) is 0.167. The Labute approximate surface area is 126 Å². The Morgan fingerprint density at radius 1 is 1.33 bits per heavy atom. The van der Waals surface area contributed by atoms with Crippen LogP contribution in [0.25, 0.3) is 0 Å². The van der Waals surface area contributed by atoms with Gasteiger partial charge < -0.3 is 0 Å². The molecule has 2 aromatic rings. The predicted octanol–water partition coefficient (Wildman–Crippen LogP) is 4.27. The summed E-state index contributed by atoms with van der Waals surface area (Å²) in [6.07, 6.45) is 0. The molecule has 1 heterocycles. The number of hydrazine groups is 1. The summed E-state index contributed by atoms with van der Waals surface area (Å²) in [5, 5.41) is 0. The van der Waals surface area contributed by atoms with Crippen LogP contribution >= 0.6 is 43.2 Å². The predicted molar refractivity (Wildman–Crippen MR) is 80.0 cm³/mol. The maximum Gasteiger partial charge on any atom is 0.123 e. The summed E-state index contributed by atoms with van der Waals surface area (Å²) in [7, 11) is 0. The Morgan fingerprint density at radius 3 is 2.56 bits per heavy atom. The number of rotatable bonds is 3. The third-order valence-electron chi connectivity index (χ3n) is 2.66. The van der Waals surface area contributed by atoms with Crippen molar-refractivity contribution in [2.24, 2.45) is 5.84 Å². The fourth-order valence-corrected chi connectivity index (χ4v) is 3.96. The first-order chi connectivity index (χ1) is 8.52. The average molecular weight is 394 g/mol. The van der Waals surface area contributed by atoms with Crippen molar-refractivity contribution in [2.75, 3.05) is 0 Å². The van der Waals surface area contributed by atoms with Crippen LogP contribution in [0.1, 0.15) is 22.0 Å². The van der Waals surface area contributed by atoms with Gasteiger partial charge in [0.15, 0.2) is 0 Å². The van der Waals surface area contributed by atoms with Gasteiger partial charge in [0.05, 0.1) is 9.83 Å². The molecule has 96 valence electrons. The molecule has 18 heavy (non-hydrogen) atoms. The number of hydrogen-bond acceptors (Lipinski definition) is 3. The molecule has 0 fully saturated rings. The number of aryl methyl sites for hydroxylation is 1. The van der Waals surface area contributed by atoms with E-state index < -0.39 is 0 Å². The molecule has 2 nitrogen and oxygen atoms in total.